The summed E-state index contributed by atoms with van der Waals surface area (Å²) in [7, 11) is 0. The summed E-state index contributed by atoms with van der Waals surface area (Å²) < 4.78 is 4.41. The molecule has 0 bridgehead atoms. The molecule has 0 saturated heterocycles. The molecule has 0 spiro atoms. The maximum atomic E-state index is 12.3. The van der Waals surface area contributed by atoms with Crippen LogP contribution in [0.2, 0.25) is 0 Å². The molecule has 7 heteroatoms. The van der Waals surface area contributed by atoms with Crippen LogP contribution in [0.25, 0.3) is 11.2 Å². The van der Waals surface area contributed by atoms with Crippen molar-refractivity contribution in [2.24, 2.45) is 0 Å². The number of hydrogen-bond donors (Lipinski definition) is 0. The second-order valence-corrected chi connectivity index (χ2v) is 4.25. The quantitative estimate of drug-likeness (QED) is 0.766. The molecule has 0 aliphatic carbocycles. The van der Waals surface area contributed by atoms with Gasteiger partial charge in [-0.25, -0.2) is 9.78 Å². The number of hydrogen-bond acceptors (Lipinski definition) is 3. The Hall–Kier alpha value is -1.56. The number of nitrogens with zero attached hydrogens (tertiary/aromatic N) is 4. The van der Waals surface area contributed by atoms with E-state index < -0.39 is 0 Å². The molecule has 0 unspecified atom stereocenters. The van der Waals surface area contributed by atoms with Crippen LogP contribution in [-0.2, 0) is 19.6 Å². The largest absolute Gasteiger partial charge is 0.332 e. The van der Waals surface area contributed by atoms with E-state index in [2.05, 4.69) is 4.98 Å². The fraction of sp³-hybridized carbons (Fsp3) is 0.545. The van der Waals surface area contributed by atoms with Crippen LogP contribution in [0.4, 0.5) is 0 Å². The lowest BCUT2D eigenvalue weighted by Crippen LogP contribution is -2.40. The fourth-order valence-electron chi connectivity index (χ4n) is 2.05. The summed E-state index contributed by atoms with van der Waals surface area (Å²) in [6.07, 6.45) is 1.59. The van der Waals surface area contributed by atoms with Gasteiger partial charge in [0.05, 0.1) is 6.33 Å². The Balaban J connectivity index is 2.94. The highest BCUT2D eigenvalue weighted by Gasteiger charge is 2.16. The van der Waals surface area contributed by atoms with E-state index in [-0.39, 0.29) is 23.7 Å². The molecular weight excluding hydrogens is 256 g/mol. The Bertz CT molecular complexity index is 683. The van der Waals surface area contributed by atoms with Crippen molar-refractivity contribution >= 4 is 22.8 Å². The maximum Gasteiger partial charge on any atom is 0.332 e. The van der Waals surface area contributed by atoms with Crippen molar-refractivity contribution < 1.29 is 0 Å². The minimum atomic E-state index is -0.350. The molecule has 0 amide bonds. The predicted molar refractivity (Wildman–Crippen MR) is 70.3 cm³/mol. The van der Waals surface area contributed by atoms with Gasteiger partial charge < -0.3 is 4.57 Å². The van der Waals surface area contributed by atoms with Crippen molar-refractivity contribution in [1.29, 1.82) is 0 Å². The molecule has 2 heterocycles. The van der Waals surface area contributed by atoms with Gasteiger partial charge in [0, 0.05) is 25.5 Å². The summed E-state index contributed by atoms with van der Waals surface area (Å²) >= 11 is 5.64. The average Bonchev–Trinajstić information content (AvgIpc) is 2.79. The van der Waals surface area contributed by atoms with E-state index in [9.17, 15) is 9.59 Å². The van der Waals surface area contributed by atoms with E-state index in [4.69, 9.17) is 11.6 Å². The SMILES string of the molecule is CCn1cnc2c1c(=O)n(CCCl)c(=O)n2CC. The zero-order valence-electron chi connectivity index (χ0n) is 10.4. The minimum Gasteiger partial charge on any atom is -0.325 e. The zero-order valence-corrected chi connectivity index (χ0v) is 11.1. The highest BCUT2D eigenvalue weighted by molar-refractivity contribution is 6.17. The van der Waals surface area contributed by atoms with Crippen LogP contribution in [0.5, 0.6) is 0 Å². The Morgan fingerprint density at radius 1 is 1.22 bits per heavy atom. The van der Waals surface area contributed by atoms with E-state index in [0.29, 0.717) is 24.3 Å². The standard InChI is InChI=1S/C11H15ClN4O2/c1-3-14-7-13-9-8(14)10(17)16(6-5-12)11(18)15(9)4-2/h7H,3-6H2,1-2H3. The molecule has 0 aromatic carbocycles. The summed E-state index contributed by atoms with van der Waals surface area (Å²) in [6, 6.07) is 0. The minimum absolute atomic E-state index is 0.212. The van der Waals surface area contributed by atoms with Crippen LogP contribution >= 0.6 is 11.6 Å². The van der Waals surface area contributed by atoms with Crippen LogP contribution in [-0.4, -0.2) is 24.6 Å². The van der Waals surface area contributed by atoms with Gasteiger partial charge in [0.25, 0.3) is 5.56 Å². The molecule has 0 saturated carbocycles. The van der Waals surface area contributed by atoms with Crippen molar-refractivity contribution in [2.75, 3.05) is 5.88 Å². The monoisotopic (exact) mass is 270 g/mol. The van der Waals surface area contributed by atoms with E-state index in [0.717, 1.165) is 0 Å². The van der Waals surface area contributed by atoms with Gasteiger partial charge in [0.15, 0.2) is 11.2 Å². The Kier molecular flexibility index (Phi) is 3.56. The Morgan fingerprint density at radius 2 is 1.94 bits per heavy atom. The summed E-state index contributed by atoms with van der Waals surface area (Å²) in [5.74, 6) is 0.227. The van der Waals surface area contributed by atoms with Crippen molar-refractivity contribution in [3.8, 4) is 0 Å². The van der Waals surface area contributed by atoms with E-state index in [1.807, 2.05) is 13.8 Å². The first-order valence-corrected chi connectivity index (χ1v) is 6.43. The summed E-state index contributed by atoms with van der Waals surface area (Å²) in [5.41, 5.74) is 0.237. The van der Waals surface area contributed by atoms with Gasteiger partial charge in [-0.2, -0.15) is 0 Å². The third kappa shape index (κ3) is 1.77. The lowest BCUT2D eigenvalue weighted by atomic mass is 10.4. The molecule has 0 aliphatic rings. The number of aromatic nitrogens is 4. The van der Waals surface area contributed by atoms with Gasteiger partial charge in [-0.3, -0.25) is 13.9 Å². The third-order valence-corrected chi connectivity index (χ3v) is 3.12. The topological polar surface area (TPSA) is 61.8 Å². The molecule has 2 rings (SSSR count). The Morgan fingerprint density at radius 3 is 2.50 bits per heavy atom. The number of imidazole rings is 1. The van der Waals surface area contributed by atoms with Crippen LogP contribution in [0.3, 0.4) is 0 Å². The summed E-state index contributed by atoms with van der Waals surface area (Å²) in [5, 5.41) is 0. The lowest BCUT2D eigenvalue weighted by Gasteiger charge is -2.09. The van der Waals surface area contributed by atoms with Crippen LogP contribution in [0, 0.1) is 0 Å². The second kappa shape index (κ2) is 4.97. The van der Waals surface area contributed by atoms with Crippen molar-refractivity contribution in [3.63, 3.8) is 0 Å². The van der Waals surface area contributed by atoms with Gasteiger partial charge in [0.1, 0.15) is 0 Å². The molecule has 0 radical (unpaired) electrons. The number of rotatable bonds is 4. The highest BCUT2D eigenvalue weighted by atomic mass is 35.5. The van der Waals surface area contributed by atoms with Gasteiger partial charge in [-0.05, 0) is 13.8 Å². The predicted octanol–water partition coefficient (Wildman–Crippen LogP) is 0.638. The molecule has 0 fully saturated rings. The highest BCUT2D eigenvalue weighted by Crippen LogP contribution is 2.06. The summed E-state index contributed by atoms with van der Waals surface area (Å²) in [6.45, 7) is 5.09. The van der Waals surface area contributed by atoms with E-state index in [1.54, 1.807) is 10.9 Å². The third-order valence-electron chi connectivity index (χ3n) is 2.95. The second-order valence-electron chi connectivity index (χ2n) is 3.88. The molecule has 0 aliphatic heterocycles. The van der Waals surface area contributed by atoms with Gasteiger partial charge in [0.2, 0.25) is 0 Å². The molecule has 0 N–H and O–H groups in total. The average molecular weight is 271 g/mol. The van der Waals surface area contributed by atoms with Gasteiger partial charge in [-0.15, -0.1) is 11.6 Å². The number of alkyl halides is 1. The molecule has 98 valence electrons. The van der Waals surface area contributed by atoms with E-state index in [1.165, 1.54) is 9.13 Å². The molecule has 0 atom stereocenters. The number of fused-ring (bicyclic) bond motifs is 1. The lowest BCUT2D eigenvalue weighted by molar-refractivity contribution is 0.605. The first-order chi connectivity index (χ1) is 8.65. The zero-order chi connectivity index (χ0) is 13.3. The van der Waals surface area contributed by atoms with Crippen LogP contribution in [0.1, 0.15) is 13.8 Å². The van der Waals surface area contributed by atoms with E-state index >= 15 is 0 Å². The normalized spacial score (nSPS) is 11.3. The maximum absolute atomic E-state index is 12.3. The van der Waals surface area contributed by atoms with Crippen molar-refractivity contribution in [2.45, 2.75) is 33.5 Å². The summed E-state index contributed by atoms with van der Waals surface area (Å²) in [4.78, 5) is 28.6. The van der Waals surface area contributed by atoms with Crippen LogP contribution in [0.15, 0.2) is 15.9 Å². The first-order valence-electron chi connectivity index (χ1n) is 5.90. The molecule has 18 heavy (non-hydrogen) atoms. The van der Waals surface area contributed by atoms with Crippen LogP contribution < -0.4 is 11.2 Å². The first kappa shape index (κ1) is 12.9. The smallest absolute Gasteiger partial charge is 0.325 e. The molecule has 2 aromatic rings. The molecule has 6 nitrogen and oxygen atoms in total. The fourth-order valence-corrected chi connectivity index (χ4v) is 2.21. The molecule has 2 aromatic heterocycles. The van der Waals surface area contributed by atoms with Crippen molar-refractivity contribution in [1.82, 2.24) is 18.7 Å². The molecular formula is C11H15ClN4O2. The van der Waals surface area contributed by atoms with Gasteiger partial charge in [-0.1, -0.05) is 0 Å². The Labute approximate surface area is 108 Å². The number of halogens is 1. The van der Waals surface area contributed by atoms with Gasteiger partial charge >= 0.3 is 5.69 Å². The number of aryl methyl sites for hydroxylation is 2. The van der Waals surface area contributed by atoms with Crippen molar-refractivity contribution in [3.05, 3.63) is 27.2 Å².